The van der Waals surface area contributed by atoms with Crippen molar-refractivity contribution in [2.75, 3.05) is 19.8 Å². The number of hydrogen-bond acceptors (Lipinski definition) is 5. The molecule has 6 nitrogen and oxygen atoms in total. The van der Waals surface area contributed by atoms with Gasteiger partial charge in [0.05, 0.1) is 6.61 Å². The number of amides is 1. The molecule has 0 unspecified atom stereocenters. The number of alkyl halides is 3. The van der Waals surface area contributed by atoms with Gasteiger partial charge in [0, 0.05) is 18.7 Å². The van der Waals surface area contributed by atoms with E-state index >= 15 is 0 Å². The van der Waals surface area contributed by atoms with E-state index in [1.165, 1.54) is 0 Å². The molecule has 23 heavy (non-hydrogen) atoms. The van der Waals surface area contributed by atoms with Gasteiger partial charge in [0.2, 0.25) is 11.7 Å². The van der Waals surface area contributed by atoms with Gasteiger partial charge in [-0.25, -0.2) is 0 Å². The SMILES string of the molecule is O=C1COCCN1Cc1ccc(-c2noc(C(F)(F)F)n2)cc1. The number of halogens is 3. The van der Waals surface area contributed by atoms with Crippen molar-refractivity contribution in [3.05, 3.63) is 35.7 Å². The highest BCUT2D eigenvalue weighted by Crippen LogP contribution is 2.29. The van der Waals surface area contributed by atoms with Gasteiger partial charge in [-0.2, -0.15) is 18.2 Å². The fourth-order valence-corrected chi connectivity index (χ4v) is 2.15. The van der Waals surface area contributed by atoms with Gasteiger partial charge >= 0.3 is 12.1 Å². The van der Waals surface area contributed by atoms with Crippen molar-refractivity contribution in [2.24, 2.45) is 0 Å². The van der Waals surface area contributed by atoms with E-state index in [9.17, 15) is 18.0 Å². The summed E-state index contributed by atoms with van der Waals surface area (Å²) < 4.78 is 46.5. The fourth-order valence-electron chi connectivity index (χ4n) is 2.15. The molecule has 0 N–H and O–H groups in total. The lowest BCUT2D eigenvalue weighted by Gasteiger charge is -2.26. The maximum Gasteiger partial charge on any atom is 0.471 e. The number of morpholine rings is 1. The third-order valence-electron chi connectivity index (χ3n) is 3.34. The van der Waals surface area contributed by atoms with Crippen LogP contribution in [-0.2, 0) is 22.3 Å². The summed E-state index contributed by atoms with van der Waals surface area (Å²) in [5.41, 5.74) is 1.25. The first kappa shape index (κ1) is 15.5. The Kier molecular flexibility index (Phi) is 4.03. The minimum atomic E-state index is -4.66. The topological polar surface area (TPSA) is 68.5 Å². The maximum absolute atomic E-state index is 12.4. The molecule has 122 valence electrons. The molecule has 0 atom stereocenters. The number of nitrogens with zero attached hydrogens (tertiary/aromatic N) is 3. The average molecular weight is 327 g/mol. The molecule has 0 aliphatic carbocycles. The molecule has 0 spiro atoms. The highest BCUT2D eigenvalue weighted by Gasteiger charge is 2.38. The second-order valence-corrected chi connectivity index (χ2v) is 4.99. The van der Waals surface area contributed by atoms with Crippen LogP contribution in [0.2, 0.25) is 0 Å². The summed E-state index contributed by atoms with van der Waals surface area (Å²) in [5.74, 6) is -1.60. The van der Waals surface area contributed by atoms with E-state index in [4.69, 9.17) is 4.74 Å². The molecule has 1 amide bonds. The van der Waals surface area contributed by atoms with Gasteiger partial charge in [-0.05, 0) is 5.56 Å². The van der Waals surface area contributed by atoms with Gasteiger partial charge < -0.3 is 14.2 Å². The molecule has 3 rings (SSSR count). The highest BCUT2D eigenvalue weighted by atomic mass is 19.4. The standard InChI is InChI=1S/C14H12F3N3O3/c15-14(16,17)13-18-12(19-23-13)10-3-1-9(2-4-10)7-20-5-6-22-8-11(20)21/h1-4H,5-8H2. The summed E-state index contributed by atoms with van der Waals surface area (Å²) in [6.45, 7) is 1.50. The minimum Gasteiger partial charge on any atom is -0.370 e. The zero-order valence-corrected chi connectivity index (χ0v) is 11.8. The molecule has 9 heteroatoms. The van der Waals surface area contributed by atoms with E-state index in [2.05, 4.69) is 14.7 Å². The monoisotopic (exact) mass is 327 g/mol. The van der Waals surface area contributed by atoms with E-state index < -0.39 is 12.1 Å². The fraction of sp³-hybridized carbons (Fsp3) is 0.357. The predicted octanol–water partition coefficient (Wildman–Crippen LogP) is 2.11. The summed E-state index contributed by atoms with van der Waals surface area (Å²) in [6.07, 6.45) is -4.66. The van der Waals surface area contributed by atoms with E-state index in [0.717, 1.165) is 5.56 Å². The quantitative estimate of drug-likeness (QED) is 0.864. The summed E-state index contributed by atoms with van der Waals surface area (Å²) in [4.78, 5) is 16.6. The van der Waals surface area contributed by atoms with E-state index in [-0.39, 0.29) is 18.3 Å². The van der Waals surface area contributed by atoms with Crippen LogP contribution in [0.1, 0.15) is 11.5 Å². The number of carbonyl (C=O) groups is 1. The van der Waals surface area contributed by atoms with Crippen molar-refractivity contribution >= 4 is 5.91 Å². The third-order valence-corrected chi connectivity index (χ3v) is 3.34. The molecular weight excluding hydrogens is 315 g/mol. The van der Waals surface area contributed by atoms with E-state index in [1.54, 1.807) is 29.2 Å². The average Bonchev–Trinajstić information content (AvgIpc) is 3.00. The molecule has 0 radical (unpaired) electrons. The van der Waals surface area contributed by atoms with E-state index in [1.807, 2.05) is 0 Å². The predicted molar refractivity (Wildman–Crippen MR) is 71.0 cm³/mol. The molecular formula is C14H12F3N3O3. The smallest absolute Gasteiger partial charge is 0.370 e. The largest absolute Gasteiger partial charge is 0.471 e. The van der Waals surface area contributed by atoms with Crippen LogP contribution in [0.25, 0.3) is 11.4 Å². The highest BCUT2D eigenvalue weighted by molar-refractivity contribution is 5.78. The molecule has 2 aromatic rings. The van der Waals surface area contributed by atoms with Gasteiger partial charge in [0.1, 0.15) is 6.61 Å². The minimum absolute atomic E-state index is 0.0706. The van der Waals surface area contributed by atoms with Crippen molar-refractivity contribution in [1.29, 1.82) is 0 Å². The van der Waals surface area contributed by atoms with Crippen LogP contribution < -0.4 is 0 Å². The normalized spacial score (nSPS) is 16.0. The van der Waals surface area contributed by atoms with Crippen molar-refractivity contribution in [3.63, 3.8) is 0 Å². The lowest BCUT2D eigenvalue weighted by Crippen LogP contribution is -2.40. The summed E-state index contributed by atoms with van der Waals surface area (Å²) in [5, 5.41) is 3.32. The Morgan fingerprint density at radius 2 is 1.96 bits per heavy atom. The van der Waals surface area contributed by atoms with E-state index in [0.29, 0.717) is 25.3 Å². The van der Waals surface area contributed by atoms with Crippen molar-refractivity contribution < 1.29 is 27.2 Å². The van der Waals surface area contributed by atoms with Crippen LogP contribution in [0, 0.1) is 0 Å². The summed E-state index contributed by atoms with van der Waals surface area (Å²) in [6, 6.07) is 6.60. The lowest BCUT2D eigenvalue weighted by atomic mass is 10.1. The summed E-state index contributed by atoms with van der Waals surface area (Å²) >= 11 is 0. The van der Waals surface area contributed by atoms with Crippen molar-refractivity contribution in [3.8, 4) is 11.4 Å². The Balaban J connectivity index is 1.72. The lowest BCUT2D eigenvalue weighted by molar-refractivity contribution is -0.159. The summed E-state index contributed by atoms with van der Waals surface area (Å²) in [7, 11) is 0. The van der Waals surface area contributed by atoms with Crippen LogP contribution >= 0.6 is 0 Å². The zero-order valence-electron chi connectivity index (χ0n) is 11.8. The van der Waals surface area contributed by atoms with Crippen LogP contribution in [0.3, 0.4) is 0 Å². The third kappa shape index (κ3) is 3.50. The number of aromatic nitrogens is 2. The molecule has 1 aromatic carbocycles. The molecule has 0 saturated carbocycles. The first-order valence-corrected chi connectivity index (χ1v) is 6.79. The number of hydrogen-bond donors (Lipinski definition) is 0. The molecule has 1 aromatic heterocycles. The Morgan fingerprint density at radius 3 is 2.57 bits per heavy atom. The van der Waals surface area contributed by atoms with Crippen molar-refractivity contribution in [2.45, 2.75) is 12.7 Å². The second kappa shape index (κ2) is 5.99. The first-order valence-electron chi connectivity index (χ1n) is 6.79. The Morgan fingerprint density at radius 1 is 1.22 bits per heavy atom. The van der Waals surface area contributed by atoms with Crippen LogP contribution in [-0.4, -0.2) is 40.7 Å². The Bertz CT molecular complexity index is 697. The van der Waals surface area contributed by atoms with Crippen molar-refractivity contribution in [1.82, 2.24) is 15.0 Å². The number of benzene rings is 1. The maximum atomic E-state index is 12.4. The van der Waals surface area contributed by atoms with Gasteiger partial charge in [0.15, 0.2) is 0 Å². The molecule has 1 aliphatic rings. The van der Waals surface area contributed by atoms with Gasteiger partial charge in [-0.1, -0.05) is 29.4 Å². The van der Waals surface area contributed by atoms with Gasteiger partial charge in [-0.15, -0.1) is 0 Å². The van der Waals surface area contributed by atoms with Crippen LogP contribution in [0.15, 0.2) is 28.8 Å². The molecule has 1 saturated heterocycles. The molecule has 2 heterocycles. The Labute approximate surface area is 128 Å². The first-order chi connectivity index (χ1) is 10.9. The molecule has 1 fully saturated rings. The molecule has 0 bridgehead atoms. The van der Waals surface area contributed by atoms with Crippen LogP contribution in [0.5, 0.6) is 0 Å². The zero-order chi connectivity index (χ0) is 16.4. The number of rotatable bonds is 3. The Hall–Kier alpha value is -2.42. The number of carbonyl (C=O) groups excluding carboxylic acids is 1. The second-order valence-electron chi connectivity index (χ2n) is 4.99. The molecule has 1 aliphatic heterocycles. The van der Waals surface area contributed by atoms with Gasteiger partial charge in [-0.3, -0.25) is 4.79 Å². The van der Waals surface area contributed by atoms with Crippen LogP contribution in [0.4, 0.5) is 13.2 Å². The van der Waals surface area contributed by atoms with Gasteiger partial charge in [0.25, 0.3) is 0 Å². The number of ether oxygens (including phenoxy) is 1.